The van der Waals surface area contributed by atoms with Crippen LogP contribution >= 0.6 is 0 Å². The van der Waals surface area contributed by atoms with Gasteiger partial charge in [-0.3, -0.25) is 0 Å². The van der Waals surface area contributed by atoms with Gasteiger partial charge in [0.15, 0.2) is 0 Å². The Labute approximate surface area is 74.7 Å². The van der Waals surface area contributed by atoms with Crippen molar-refractivity contribution >= 4 is 0 Å². The third-order valence-electron chi connectivity index (χ3n) is 3.02. The summed E-state index contributed by atoms with van der Waals surface area (Å²) in [4.78, 5) is 0. The third kappa shape index (κ3) is 1.99. The van der Waals surface area contributed by atoms with E-state index in [2.05, 4.69) is 12.2 Å². The Bertz CT molecular complexity index is 145. The van der Waals surface area contributed by atoms with Crippen LogP contribution in [0.4, 0.5) is 0 Å². The lowest BCUT2D eigenvalue weighted by Crippen LogP contribution is -2.50. The fourth-order valence-corrected chi connectivity index (χ4v) is 2.13. The maximum Gasteiger partial charge on any atom is 0.0827 e. The second-order valence-electron chi connectivity index (χ2n) is 4.31. The molecule has 1 saturated heterocycles. The molecule has 1 aliphatic carbocycles. The highest BCUT2D eigenvalue weighted by Crippen LogP contribution is 2.26. The van der Waals surface area contributed by atoms with Gasteiger partial charge in [0.05, 0.1) is 12.2 Å². The average molecular weight is 169 g/mol. The van der Waals surface area contributed by atoms with Crippen LogP contribution in [0, 0.1) is 5.92 Å². The van der Waals surface area contributed by atoms with Gasteiger partial charge in [-0.15, -0.1) is 0 Å². The maximum atomic E-state index is 5.94. The van der Waals surface area contributed by atoms with Crippen molar-refractivity contribution in [2.24, 2.45) is 5.92 Å². The maximum absolute atomic E-state index is 5.94. The number of rotatable bonds is 2. The third-order valence-corrected chi connectivity index (χ3v) is 3.02. The van der Waals surface area contributed by atoms with Crippen LogP contribution in [-0.2, 0) is 4.74 Å². The summed E-state index contributed by atoms with van der Waals surface area (Å²) in [7, 11) is 0. The molecule has 1 heterocycles. The summed E-state index contributed by atoms with van der Waals surface area (Å²) in [6.45, 7) is 4.49. The molecule has 0 aromatic carbocycles. The zero-order chi connectivity index (χ0) is 8.39. The molecular formula is C10H19NO. The van der Waals surface area contributed by atoms with Crippen molar-refractivity contribution in [3.05, 3.63) is 0 Å². The highest BCUT2D eigenvalue weighted by Gasteiger charge is 2.25. The molecule has 2 atom stereocenters. The number of ether oxygens (including phenoxy) is 1. The average Bonchev–Trinajstić information content (AvgIpc) is 1.97. The molecule has 1 N–H and O–H groups in total. The molecule has 0 aromatic rings. The Balaban J connectivity index is 1.71. The van der Waals surface area contributed by atoms with Crippen LogP contribution in [0.3, 0.4) is 0 Å². The fourth-order valence-electron chi connectivity index (χ4n) is 2.13. The molecule has 0 spiro atoms. The minimum Gasteiger partial charge on any atom is -0.372 e. The Morgan fingerprint density at radius 1 is 1.17 bits per heavy atom. The van der Waals surface area contributed by atoms with E-state index in [1.54, 1.807) is 0 Å². The van der Waals surface area contributed by atoms with Gasteiger partial charge in [0.25, 0.3) is 0 Å². The van der Waals surface area contributed by atoms with Gasteiger partial charge < -0.3 is 10.1 Å². The Morgan fingerprint density at radius 3 is 2.58 bits per heavy atom. The van der Waals surface area contributed by atoms with Gasteiger partial charge in [0, 0.05) is 13.1 Å². The van der Waals surface area contributed by atoms with Crippen molar-refractivity contribution in [1.29, 1.82) is 0 Å². The summed E-state index contributed by atoms with van der Waals surface area (Å²) in [5.74, 6) is 0.886. The van der Waals surface area contributed by atoms with E-state index >= 15 is 0 Å². The van der Waals surface area contributed by atoms with Gasteiger partial charge in [0.2, 0.25) is 0 Å². The molecule has 2 nitrogen and oxygen atoms in total. The second kappa shape index (κ2) is 3.75. The molecule has 0 amide bonds. The first-order chi connectivity index (χ1) is 5.84. The van der Waals surface area contributed by atoms with Gasteiger partial charge in [-0.25, -0.2) is 0 Å². The lowest BCUT2D eigenvalue weighted by atomic mass is 9.88. The zero-order valence-corrected chi connectivity index (χ0v) is 7.88. The topological polar surface area (TPSA) is 21.3 Å². The van der Waals surface area contributed by atoms with Crippen molar-refractivity contribution in [1.82, 2.24) is 5.32 Å². The smallest absolute Gasteiger partial charge is 0.0827 e. The summed E-state index contributed by atoms with van der Waals surface area (Å²) >= 11 is 0. The van der Waals surface area contributed by atoms with E-state index in [0.717, 1.165) is 19.0 Å². The first kappa shape index (κ1) is 8.52. The van der Waals surface area contributed by atoms with Crippen LogP contribution in [0.2, 0.25) is 0 Å². The molecule has 1 aliphatic heterocycles. The molecule has 12 heavy (non-hydrogen) atoms. The molecule has 70 valence electrons. The van der Waals surface area contributed by atoms with Crippen LogP contribution in [-0.4, -0.2) is 25.3 Å². The Hall–Kier alpha value is -0.0800. The number of nitrogens with one attached hydrogen (secondary N) is 1. The van der Waals surface area contributed by atoms with Gasteiger partial charge in [0.1, 0.15) is 0 Å². The largest absolute Gasteiger partial charge is 0.372 e. The van der Waals surface area contributed by atoms with Crippen LogP contribution < -0.4 is 5.32 Å². The monoisotopic (exact) mass is 169 g/mol. The van der Waals surface area contributed by atoms with E-state index < -0.39 is 0 Å². The molecule has 0 radical (unpaired) electrons. The van der Waals surface area contributed by atoms with Gasteiger partial charge in [-0.05, 0) is 18.8 Å². The van der Waals surface area contributed by atoms with Crippen LogP contribution in [0.25, 0.3) is 0 Å². The molecule has 2 fully saturated rings. The zero-order valence-electron chi connectivity index (χ0n) is 7.88. The summed E-state index contributed by atoms with van der Waals surface area (Å²) in [5, 5.41) is 3.24. The Morgan fingerprint density at radius 2 is 2.00 bits per heavy atom. The Kier molecular flexibility index (Phi) is 2.66. The molecule has 0 bridgehead atoms. The molecule has 0 aromatic heterocycles. The van der Waals surface area contributed by atoms with Crippen LogP contribution in [0.15, 0.2) is 0 Å². The summed E-state index contributed by atoms with van der Waals surface area (Å²) < 4.78 is 5.94. The van der Waals surface area contributed by atoms with E-state index in [1.807, 2.05) is 0 Å². The molecule has 1 saturated carbocycles. The minimum absolute atomic E-state index is 0.528. The van der Waals surface area contributed by atoms with Crippen molar-refractivity contribution < 1.29 is 4.74 Å². The van der Waals surface area contributed by atoms with Gasteiger partial charge >= 0.3 is 0 Å². The molecule has 2 rings (SSSR count). The van der Waals surface area contributed by atoms with Crippen molar-refractivity contribution in [2.45, 2.75) is 44.8 Å². The normalized spacial score (nSPS) is 37.8. The quantitative estimate of drug-likeness (QED) is 0.677. The highest BCUT2D eigenvalue weighted by atomic mass is 16.5. The van der Waals surface area contributed by atoms with Gasteiger partial charge in [-0.1, -0.05) is 19.8 Å². The minimum atomic E-state index is 0.528. The lowest BCUT2D eigenvalue weighted by Gasteiger charge is -2.34. The SMILES string of the molecule is CC1CCCC(OC2CNC2)C1. The fraction of sp³-hybridized carbons (Fsp3) is 1.00. The van der Waals surface area contributed by atoms with Crippen LogP contribution in [0.5, 0.6) is 0 Å². The highest BCUT2D eigenvalue weighted by molar-refractivity contribution is 4.79. The predicted molar refractivity (Wildman–Crippen MR) is 49.2 cm³/mol. The number of hydrogen-bond acceptors (Lipinski definition) is 2. The molecule has 2 unspecified atom stereocenters. The predicted octanol–water partition coefficient (Wildman–Crippen LogP) is 1.55. The van der Waals surface area contributed by atoms with E-state index in [4.69, 9.17) is 4.74 Å². The van der Waals surface area contributed by atoms with Crippen LogP contribution in [0.1, 0.15) is 32.6 Å². The first-order valence-electron chi connectivity index (χ1n) is 5.21. The van der Waals surface area contributed by atoms with Crippen molar-refractivity contribution in [3.63, 3.8) is 0 Å². The molecule has 2 aliphatic rings. The van der Waals surface area contributed by atoms with Crippen molar-refractivity contribution in [3.8, 4) is 0 Å². The van der Waals surface area contributed by atoms with Crippen molar-refractivity contribution in [2.75, 3.05) is 13.1 Å². The second-order valence-corrected chi connectivity index (χ2v) is 4.31. The summed E-state index contributed by atoms with van der Waals surface area (Å²) in [5.41, 5.74) is 0. The molecule has 2 heteroatoms. The summed E-state index contributed by atoms with van der Waals surface area (Å²) in [6, 6.07) is 0. The van der Waals surface area contributed by atoms with E-state index in [1.165, 1.54) is 25.7 Å². The molecular weight excluding hydrogens is 150 g/mol. The van der Waals surface area contributed by atoms with E-state index in [-0.39, 0.29) is 0 Å². The van der Waals surface area contributed by atoms with E-state index in [9.17, 15) is 0 Å². The summed E-state index contributed by atoms with van der Waals surface area (Å²) in [6.07, 6.45) is 6.45. The lowest BCUT2D eigenvalue weighted by molar-refractivity contribution is -0.0593. The standard InChI is InChI=1S/C10H19NO/c1-8-3-2-4-9(5-8)12-10-6-11-7-10/h8-11H,2-7H2,1H3. The first-order valence-corrected chi connectivity index (χ1v) is 5.21. The van der Waals surface area contributed by atoms with E-state index in [0.29, 0.717) is 12.2 Å². The number of hydrogen-bond donors (Lipinski definition) is 1. The van der Waals surface area contributed by atoms with Gasteiger partial charge in [-0.2, -0.15) is 0 Å².